The van der Waals surface area contributed by atoms with Crippen LogP contribution in [0.15, 0.2) is 60.9 Å². The lowest BCUT2D eigenvalue weighted by Crippen LogP contribution is -2.12. The first-order valence-electron chi connectivity index (χ1n) is 7.01. The second-order valence-electron chi connectivity index (χ2n) is 4.93. The highest BCUT2D eigenvalue weighted by atomic mass is 16.5. The zero-order valence-corrected chi connectivity index (χ0v) is 12.4. The van der Waals surface area contributed by atoms with Crippen LogP contribution in [0.4, 0.5) is 5.69 Å². The van der Waals surface area contributed by atoms with Crippen molar-refractivity contribution in [3.8, 4) is 0 Å². The van der Waals surface area contributed by atoms with E-state index in [-0.39, 0.29) is 5.91 Å². The highest BCUT2D eigenvalue weighted by Crippen LogP contribution is 2.19. The number of pyridine rings is 1. The fourth-order valence-electron chi connectivity index (χ4n) is 2.32. The van der Waals surface area contributed by atoms with E-state index in [9.17, 15) is 9.59 Å². The molecule has 0 aliphatic carbocycles. The maximum Gasteiger partial charge on any atom is 0.337 e. The standard InChI is InChI=1S/C18H14N2O3/c1-23-18(22)13-5-7-14(8-6-13)20-17(21)15-4-2-3-12-9-10-19-11-16(12)15/h2-11H,1H3,(H,20,21). The summed E-state index contributed by atoms with van der Waals surface area (Å²) >= 11 is 0. The third-order valence-electron chi connectivity index (χ3n) is 3.49. The van der Waals surface area contributed by atoms with Crippen molar-refractivity contribution >= 4 is 28.3 Å². The van der Waals surface area contributed by atoms with Crippen molar-refractivity contribution in [3.05, 3.63) is 72.1 Å². The maximum atomic E-state index is 12.5. The zero-order valence-electron chi connectivity index (χ0n) is 12.4. The van der Waals surface area contributed by atoms with Crippen molar-refractivity contribution in [1.82, 2.24) is 4.98 Å². The normalized spacial score (nSPS) is 10.3. The van der Waals surface area contributed by atoms with Crippen LogP contribution in [0.1, 0.15) is 20.7 Å². The molecule has 0 aliphatic heterocycles. The number of amides is 1. The molecule has 1 N–H and O–H groups in total. The van der Waals surface area contributed by atoms with Crippen LogP contribution in [-0.2, 0) is 4.74 Å². The Labute approximate surface area is 132 Å². The summed E-state index contributed by atoms with van der Waals surface area (Å²) in [7, 11) is 1.33. The molecular formula is C18H14N2O3. The maximum absolute atomic E-state index is 12.5. The molecule has 0 saturated carbocycles. The largest absolute Gasteiger partial charge is 0.465 e. The Morgan fingerprint density at radius 1 is 1.04 bits per heavy atom. The lowest BCUT2D eigenvalue weighted by atomic mass is 10.1. The molecule has 23 heavy (non-hydrogen) atoms. The van der Waals surface area contributed by atoms with E-state index in [2.05, 4.69) is 15.0 Å². The van der Waals surface area contributed by atoms with E-state index in [1.54, 1.807) is 42.7 Å². The minimum absolute atomic E-state index is 0.227. The van der Waals surface area contributed by atoms with Crippen LogP contribution in [0, 0.1) is 0 Å². The Morgan fingerprint density at radius 2 is 1.83 bits per heavy atom. The van der Waals surface area contributed by atoms with E-state index in [4.69, 9.17) is 0 Å². The lowest BCUT2D eigenvalue weighted by Gasteiger charge is -2.08. The molecular weight excluding hydrogens is 292 g/mol. The topological polar surface area (TPSA) is 68.3 Å². The Balaban J connectivity index is 1.85. The summed E-state index contributed by atoms with van der Waals surface area (Å²) in [5, 5.41) is 4.56. The molecule has 0 atom stereocenters. The van der Waals surface area contributed by atoms with Crippen molar-refractivity contribution in [2.45, 2.75) is 0 Å². The molecule has 3 rings (SSSR count). The number of hydrogen-bond acceptors (Lipinski definition) is 4. The Hall–Kier alpha value is -3.21. The Morgan fingerprint density at radius 3 is 2.57 bits per heavy atom. The number of fused-ring (bicyclic) bond motifs is 1. The number of rotatable bonds is 3. The van der Waals surface area contributed by atoms with Crippen LogP contribution in [0.5, 0.6) is 0 Å². The number of nitrogens with one attached hydrogen (secondary N) is 1. The molecule has 0 fully saturated rings. The van der Waals surface area contributed by atoms with Gasteiger partial charge in [-0.2, -0.15) is 0 Å². The number of carbonyl (C=O) groups excluding carboxylic acids is 2. The van der Waals surface area contributed by atoms with Gasteiger partial charge < -0.3 is 10.1 Å². The van der Waals surface area contributed by atoms with Crippen LogP contribution < -0.4 is 5.32 Å². The number of esters is 1. The van der Waals surface area contributed by atoms with Crippen molar-refractivity contribution in [2.75, 3.05) is 12.4 Å². The summed E-state index contributed by atoms with van der Waals surface area (Å²) in [5.41, 5.74) is 1.58. The van der Waals surface area contributed by atoms with Crippen LogP contribution in [-0.4, -0.2) is 24.0 Å². The summed E-state index contributed by atoms with van der Waals surface area (Å²) in [6, 6.07) is 13.9. The third kappa shape index (κ3) is 3.03. The van der Waals surface area contributed by atoms with E-state index in [0.717, 1.165) is 10.8 Å². The van der Waals surface area contributed by atoms with Gasteiger partial charge >= 0.3 is 5.97 Å². The van der Waals surface area contributed by atoms with Gasteiger partial charge in [0.15, 0.2) is 0 Å². The van der Waals surface area contributed by atoms with Crippen molar-refractivity contribution in [2.24, 2.45) is 0 Å². The van der Waals surface area contributed by atoms with Gasteiger partial charge in [-0.1, -0.05) is 12.1 Å². The number of aromatic nitrogens is 1. The van der Waals surface area contributed by atoms with Crippen molar-refractivity contribution in [3.63, 3.8) is 0 Å². The molecule has 0 bridgehead atoms. The number of benzene rings is 2. The van der Waals surface area contributed by atoms with Crippen molar-refractivity contribution < 1.29 is 14.3 Å². The minimum Gasteiger partial charge on any atom is -0.465 e. The summed E-state index contributed by atoms with van der Waals surface area (Å²) in [5.74, 6) is -0.641. The van der Waals surface area contributed by atoms with Gasteiger partial charge in [0.1, 0.15) is 0 Å². The van der Waals surface area contributed by atoms with E-state index in [1.165, 1.54) is 7.11 Å². The molecule has 0 radical (unpaired) electrons. The van der Waals surface area contributed by atoms with Gasteiger partial charge in [0.2, 0.25) is 0 Å². The number of anilines is 1. The Bertz CT molecular complexity index is 868. The number of nitrogens with zero attached hydrogens (tertiary/aromatic N) is 1. The molecule has 1 aromatic heterocycles. The van der Waals surface area contributed by atoms with Crippen LogP contribution >= 0.6 is 0 Å². The predicted molar refractivity (Wildman–Crippen MR) is 87.5 cm³/mol. The summed E-state index contributed by atoms with van der Waals surface area (Å²) in [6.07, 6.45) is 3.36. The number of hydrogen-bond donors (Lipinski definition) is 1. The first-order valence-corrected chi connectivity index (χ1v) is 7.01. The summed E-state index contributed by atoms with van der Waals surface area (Å²) in [4.78, 5) is 27.9. The lowest BCUT2D eigenvalue weighted by molar-refractivity contribution is 0.0600. The van der Waals surface area contributed by atoms with Crippen molar-refractivity contribution in [1.29, 1.82) is 0 Å². The number of carbonyl (C=O) groups is 2. The minimum atomic E-state index is -0.414. The molecule has 0 unspecified atom stereocenters. The zero-order chi connectivity index (χ0) is 16.2. The van der Waals surface area contributed by atoms with Gasteiger partial charge in [0.05, 0.1) is 12.7 Å². The quantitative estimate of drug-likeness (QED) is 0.754. The highest BCUT2D eigenvalue weighted by molar-refractivity contribution is 6.12. The van der Waals surface area contributed by atoms with Gasteiger partial charge in [0, 0.05) is 29.0 Å². The summed E-state index contributed by atoms with van der Waals surface area (Å²) in [6.45, 7) is 0. The molecule has 1 heterocycles. The van der Waals surface area contributed by atoms with Crippen LogP contribution in [0.25, 0.3) is 10.8 Å². The SMILES string of the molecule is COC(=O)c1ccc(NC(=O)c2cccc3ccncc23)cc1. The molecule has 3 aromatic rings. The van der Waals surface area contributed by atoms with Gasteiger partial charge in [-0.15, -0.1) is 0 Å². The van der Waals surface area contributed by atoms with Crippen LogP contribution in [0.2, 0.25) is 0 Å². The average Bonchev–Trinajstić information content (AvgIpc) is 2.61. The molecule has 5 nitrogen and oxygen atoms in total. The first-order chi connectivity index (χ1) is 11.2. The summed E-state index contributed by atoms with van der Waals surface area (Å²) < 4.78 is 4.64. The molecule has 2 aromatic carbocycles. The molecule has 0 aliphatic rings. The molecule has 5 heteroatoms. The fraction of sp³-hybridized carbons (Fsp3) is 0.0556. The second kappa shape index (κ2) is 6.27. The van der Waals surface area contributed by atoms with E-state index in [1.807, 2.05) is 18.2 Å². The average molecular weight is 306 g/mol. The molecule has 0 saturated heterocycles. The van der Waals surface area contributed by atoms with Gasteiger partial charge in [0.25, 0.3) is 5.91 Å². The molecule has 1 amide bonds. The predicted octanol–water partition coefficient (Wildman–Crippen LogP) is 3.27. The van der Waals surface area contributed by atoms with E-state index >= 15 is 0 Å². The first kappa shape index (κ1) is 14.7. The Kier molecular flexibility index (Phi) is 4.01. The molecule has 114 valence electrons. The van der Waals surface area contributed by atoms with Gasteiger partial charge in [-0.3, -0.25) is 9.78 Å². The highest BCUT2D eigenvalue weighted by Gasteiger charge is 2.11. The van der Waals surface area contributed by atoms with Gasteiger partial charge in [-0.05, 0) is 41.8 Å². The van der Waals surface area contributed by atoms with Gasteiger partial charge in [-0.25, -0.2) is 4.79 Å². The number of methoxy groups -OCH3 is 1. The van der Waals surface area contributed by atoms with Crippen LogP contribution in [0.3, 0.4) is 0 Å². The van der Waals surface area contributed by atoms with E-state index < -0.39 is 5.97 Å². The monoisotopic (exact) mass is 306 g/mol. The molecule has 0 spiro atoms. The smallest absolute Gasteiger partial charge is 0.337 e. The number of ether oxygens (including phenoxy) is 1. The van der Waals surface area contributed by atoms with E-state index in [0.29, 0.717) is 16.8 Å². The fourth-order valence-corrected chi connectivity index (χ4v) is 2.32. The second-order valence-corrected chi connectivity index (χ2v) is 4.93. The third-order valence-corrected chi connectivity index (χ3v) is 3.49.